The average Bonchev–Trinajstić information content (AvgIpc) is 2.30. The van der Waals surface area contributed by atoms with Gasteiger partial charge in [0.05, 0.1) is 0 Å². The van der Waals surface area contributed by atoms with Crippen molar-refractivity contribution in [2.75, 3.05) is 13.1 Å². The molecule has 0 amide bonds. The van der Waals surface area contributed by atoms with Crippen molar-refractivity contribution >= 4 is 0 Å². The Labute approximate surface area is 90.7 Å². The molecule has 0 spiro atoms. The lowest BCUT2D eigenvalue weighted by Crippen LogP contribution is -2.40. The molecule has 1 fully saturated rings. The molecule has 2 rings (SSSR count). The van der Waals surface area contributed by atoms with Crippen molar-refractivity contribution in [3.8, 4) is 0 Å². The largest absolute Gasteiger partial charge is 0.317 e. The van der Waals surface area contributed by atoms with Crippen LogP contribution in [0.4, 0.5) is 4.39 Å². The first-order chi connectivity index (χ1) is 7.28. The molecule has 1 aromatic rings. The van der Waals surface area contributed by atoms with Crippen molar-refractivity contribution in [2.45, 2.75) is 31.6 Å². The highest BCUT2D eigenvalue weighted by Crippen LogP contribution is 2.37. The molecule has 1 aliphatic heterocycles. The van der Waals surface area contributed by atoms with E-state index in [4.69, 9.17) is 0 Å². The highest BCUT2D eigenvalue weighted by Gasteiger charge is 2.33. The van der Waals surface area contributed by atoms with Gasteiger partial charge in [-0.2, -0.15) is 0 Å². The Morgan fingerprint density at radius 2 is 1.93 bits per heavy atom. The van der Waals surface area contributed by atoms with Gasteiger partial charge in [-0.05, 0) is 44.0 Å². The lowest BCUT2D eigenvalue weighted by atomic mass is 9.71. The van der Waals surface area contributed by atoms with Gasteiger partial charge in [-0.15, -0.1) is 0 Å². The molecule has 15 heavy (non-hydrogen) atoms. The van der Waals surface area contributed by atoms with Crippen LogP contribution in [0.3, 0.4) is 0 Å². The summed E-state index contributed by atoms with van der Waals surface area (Å²) in [5.74, 6) is -0.0405. The third-order valence-corrected chi connectivity index (χ3v) is 3.68. The number of rotatable bonds is 2. The number of benzene rings is 1. The maximum Gasteiger partial charge on any atom is 0.126 e. The van der Waals surface area contributed by atoms with Crippen LogP contribution in [0.25, 0.3) is 0 Å². The molecule has 1 saturated heterocycles. The molecule has 0 aliphatic carbocycles. The van der Waals surface area contributed by atoms with Crippen molar-refractivity contribution in [1.29, 1.82) is 0 Å². The lowest BCUT2D eigenvalue weighted by molar-refractivity contribution is 0.288. The minimum absolute atomic E-state index is 0.0405. The smallest absolute Gasteiger partial charge is 0.126 e. The number of hydrogen-bond acceptors (Lipinski definition) is 1. The quantitative estimate of drug-likeness (QED) is 0.786. The van der Waals surface area contributed by atoms with E-state index in [0.717, 1.165) is 37.9 Å². The first-order valence-corrected chi connectivity index (χ1v) is 5.74. The molecule has 0 atom stereocenters. The Bertz CT molecular complexity index is 329. The Morgan fingerprint density at radius 3 is 2.53 bits per heavy atom. The van der Waals surface area contributed by atoms with Gasteiger partial charge in [0, 0.05) is 5.41 Å². The van der Waals surface area contributed by atoms with Gasteiger partial charge in [0.25, 0.3) is 0 Å². The van der Waals surface area contributed by atoms with E-state index in [1.54, 1.807) is 12.1 Å². The van der Waals surface area contributed by atoms with Gasteiger partial charge < -0.3 is 5.32 Å². The van der Waals surface area contributed by atoms with E-state index in [2.05, 4.69) is 12.2 Å². The van der Waals surface area contributed by atoms with Crippen LogP contribution >= 0.6 is 0 Å². The zero-order chi connectivity index (χ0) is 10.7. The Kier molecular flexibility index (Phi) is 3.06. The van der Waals surface area contributed by atoms with Crippen molar-refractivity contribution in [3.63, 3.8) is 0 Å². The van der Waals surface area contributed by atoms with Gasteiger partial charge in [-0.1, -0.05) is 25.1 Å². The molecule has 0 radical (unpaired) electrons. The predicted molar refractivity (Wildman–Crippen MR) is 60.5 cm³/mol. The zero-order valence-corrected chi connectivity index (χ0v) is 9.22. The minimum Gasteiger partial charge on any atom is -0.317 e. The summed E-state index contributed by atoms with van der Waals surface area (Å²) < 4.78 is 13.8. The van der Waals surface area contributed by atoms with Crippen molar-refractivity contribution in [1.82, 2.24) is 5.32 Å². The van der Waals surface area contributed by atoms with Gasteiger partial charge >= 0.3 is 0 Å². The summed E-state index contributed by atoms with van der Waals surface area (Å²) in [7, 11) is 0. The van der Waals surface area contributed by atoms with E-state index in [-0.39, 0.29) is 11.2 Å². The average molecular weight is 207 g/mol. The van der Waals surface area contributed by atoms with Crippen molar-refractivity contribution in [2.24, 2.45) is 0 Å². The first-order valence-electron chi connectivity index (χ1n) is 5.74. The molecule has 1 nitrogen and oxygen atoms in total. The summed E-state index contributed by atoms with van der Waals surface area (Å²) in [5.41, 5.74) is 0.977. The summed E-state index contributed by atoms with van der Waals surface area (Å²) in [6, 6.07) is 7.24. The normalized spacial score (nSPS) is 20.1. The number of halogens is 1. The fourth-order valence-electron chi connectivity index (χ4n) is 2.61. The fraction of sp³-hybridized carbons (Fsp3) is 0.538. The molecule has 82 valence electrons. The van der Waals surface area contributed by atoms with Crippen LogP contribution in [-0.2, 0) is 5.41 Å². The van der Waals surface area contributed by atoms with E-state index in [1.807, 2.05) is 12.1 Å². The SMILES string of the molecule is CCC1(c2ccccc2F)CCNCC1. The number of nitrogens with one attached hydrogen (secondary N) is 1. The highest BCUT2D eigenvalue weighted by molar-refractivity contribution is 5.27. The molecule has 2 heteroatoms. The second-order valence-corrected chi connectivity index (χ2v) is 4.36. The molecule has 1 aliphatic rings. The van der Waals surface area contributed by atoms with Gasteiger partial charge in [0.2, 0.25) is 0 Å². The van der Waals surface area contributed by atoms with Crippen LogP contribution < -0.4 is 5.32 Å². The molecular formula is C13H18FN. The molecule has 0 aromatic heterocycles. The van der Waals surface area contributed by atoms with E-state index < -0.39 is 0 Å². The maximum absolute atomic E-state index is 13.8. The molecule has 0 unspecified atom stereocenters. The molecule has 1 N–H and O–H groups in total. The minimum atomic E-state index is -0.0405. The predicted octanol–water partition coefficient (Wildman–Crippen LogP) is 2.86. The highest BCUT2D eigenvalue weighted by atomic mass is 19.1. The number of piperidine rings is 1. The summed E-state index contributed by atoms with van der Waals surface area (Å²) in [6.45, 7) is 4.17. The van der Waals surface area contributed by atoms with Gasteiger partial charge in [0.1, 0.15) is 5.82 Å². The van der Waals surface area contributed by atoms with Gasteiger partial charge in [-0.25, -0.2) is 4.39 Å². The topological polar surface area (TPSA) is 12.0 Å². The van der Waals surface area contributed by atoms with Crippen LogP contribution in [-0.4, -0.2) is 13.1 Å². The second kappa shape index (κ2) is 4.31. The monoisotopic (exact) mass is 207 g/mol. The Morgan fingerprint density at radius 1 is 1.27 bits per heavy atom. The van der Waals surface area contributed by atoms with Gasteiger partial charge in [0.15, 0.2) is 0 Å². The molecule has 1 aromatic carbocycles. The molecule has 0 bridgehead atoms. The summed E-state index contributed by atoms with van der Waals surface area (Å²) >= 11 is 0. The molecule has 0 saturated carbocycles. The van der Waals surface area contributed by atoms with Gasteiger partial charge in [-0.3, -0.25) is 0 Å². The maximum atomic E-state index is 13.8. The van der Waals surface area contributed by atoms with Crippen LogP contribution in [0.1, 0.15) is 31.7 Å². The Hall–Kier alpha value is -0.890. The van der Waals surface area contributed by atoms with E-state index in [1.165, 1.54) is 0 Å². The van der Waals surface area contributed by atoms with E-state index >= 15 is 0 Å². The first kappa shape index (κ1) is 10.6. The lowest BCUT2D eigenvalue weighted by Gasteiger charge is -2.37. The second-order valence-electron chi connectivity index (χ2n) is 4.36. The fourth-order valence-corrected chi connectivity index (χ4v) is 2.61. The van der Waals surface area contributed by atoms with E-state index in [9.17, 15) is 4.39 Å². The standard InChI is InChI=1S/C13H18FN/c1-2-13(7-9-15-10-8-13)11-5-3-4-6-12(11)14/h3-6,15H,2,7-10H2,1H3. The van der Waals surface area contributed by atoms with Crippen LogP contribution in [0.2, 0.25) is 0 Å². The third kappa shape index (κ3) is 1.91. The van der Waals surface area contributed by atoms with E-state index in [0.29, 0.717) is 0 Å². The van der Waals surface area contributed by atoms with Crippen molar-refractivity contribution < 1.29 is 4.39 Å². The summed E-state index contributed by atoms with van der Waals surface area (Å²) in [6.07, 6.45) is 3.12. The van der Waals surface area contributed by atoms with Crippen LogP contribution in [0.5, 0.6) is 0 Å². The number of hydrogen-bond donors (Lipinski definition) is 1. The third-order valence-electron chi connectivity index (χ3n) is 3.68. The summed E-state index contributed by atoms with van der Waals surface area (Å²) in [5, 5.41) is 3.34. The van der Waals surface area contributed by atoms with Crippen LogP contribution in [0.15, 0.2) is 24.3 Å². The molecular weight excluding hydrogens is 189 g/mol. The zero-order valence-electron chi connectivity index (χ0n) is 9.22. The van der Waals surface area contributed by atoms with Crippen LogP contribution in [0, 0.1) is 5.82 Å². The summed E-state index contributed by atoms with van der Waals surface area (Å²) in [4.78, 5) is 0. The molecule has 1 heterocycles. The van der Waals surface area contributed by atoms with Crippen molar-refractivity contribution in [3.05, 3.63) is 35.6 Å². The Balaban J connectivity index is 2.36.